The second-order valence-electron chi connectivity index (χ2n) is 11.4. The van der Waals surface area contributed by atoms with Crippen LogP contribution in [-0.2, 0) is 4.74 Å². The molecular formula is C34H46N2O4. The van der Waals surface area contributed by atoms with Crippen LogP contribution in [0.5, 0.6) is 0 Å². The fourth-order valence-electron chi connectivity index (χ4n) is 4.92. The van der Waals surface area contributed by atoms with E-state index >= 15 is 0 Å². The Kier molecular flexibility index (Phi) is 11.2. The standard InChI is InChI=1S/C34H46N2O4/c1-7-27(16-15-26(3)35-19-21-36(22-20-35)33(39)40-34(4,5)6)32(29-17-18-31(38)25(2)24-29)30(14-11-23-37)28-12-9-8-10-13-28/h7-10,12-13,15-18,24-25,31,37-38H,3,11,14,19-23H2,1-2,4-6H3/b16-15-,27-7+,32-30+/t25-,31?/m0/s1. The van der Waals surface area contributed by atoms with E-state index in [1.54, 1.807) is 4.90 Å². The highest BCUT2D eigenvalue weighted by molar-refractivity contribution is 5.80. The molecule has 2 N–H and O–H groups in total. The number of benzene rings is 1. The second kappa shape index (κ2) is 14.3. The first-order valence-electron chi connectivity index (χ1n) is 14.3. The van der Waals surface area contributed by atoms with Crippen molar-refractivity contribution in [3.63, 3.8) is 0 Å². The van der Waals surface area contributed by atoms with Gasteiger partial charge in [-0.1, -0.05) is 74.2 Å². The zero-order valence-corrected chi connectivity index (χ0v) is 24.8. The van der Waals surface area contributed by atoms with Crippen LogP contribution in [-0.4, -0.2) is 70.6 Å². The fourth-order valence-corrected chi connectivity index (χ4v) is 4.92. The summed E-state index contributed by atoms with van der Waals surface area (Å²) in [6.07, 6.45) is 12.8. The highest BCUT2D eigenvalue weighted by atomic mass is 16.6. The predicted molar refractivity (Wildman–Crippen MR) is 163 cm³/mol. The Morgan fingerprint density at radius 1 is 1.10 bits per heavy atom. The molecule has 6 nitrogen and oxygen atoms in total. The minimum absolute atomic E-state index is 0.0109. The number of aliphatic hydroxyl groups is 2. The first kappa shape index (κ1) is 31.2. The highest BCUT2D eigenvalue weighted by Crippen LogP contribution is 2.36. The fraction of sp³-hybridized carbons (Fsp3) is 0.441. The minimum Gasteiger partial charge on any atom is -0.444 e. The van der Waals surface area contributed by atoms with Gasteiger partial charge in [0.15, 0.2) is 0 Å². The lowest BCUT2D eigenvalue weighted by molar-refractivity contribution is 0.0171. The number of hydrogen-bond donors (Lipinski definition) is 2. The molecule has 2 atom stereocenters. The van der Waals surface area contributed by atoms with Gasteiger partial charge in [-0.25, -0.2) is 4.79 Å². The first-order valence-corrected chi connectivity index (χ1v) is 14.3. The molecule has 1 aliphatic heterocycles. The van der Waals surface area contributed by atoms with Crippen molar-refractivity contribution in [3.05, 3.63) is 101 Å². The summed E-state index contributed by atoms with van der Waals surface area (Å²) in [5, 5.41) is 20.0. The third-order valence-corrected chi connectivity index (χ3v) is 7.14. The predicted octanol–water partition coefficient (Wildman–Crippen LogP) is 6.27. The van der Waals surface area contributed by atoms with E-state index in [0.29, 0.717) is 32.6 Å². The van der Waals surface area contributed by atoms with Gasteiger partial charge < -0.3 is 24.7 Å². The molecular weight excluding hydrogens is 500 g/mol. The molecule has 2 aliphatic rings. The summed E-state index contributed by atoms with van der Waals surface area (Å²) in [7, 11) is 0. The number of allylic oxidation sites excluding steroid dienone is 8. The van der Waals surface area contributed by atoms with Crippen LogP contribution in [0.1, 0.15) is 53.0 Å². The highest BCUT2D eigenvalue weighted by Gasteiger charge is 2.26. The van der Waals surface area contributed by atoms with E-state index in [9.17, 15) is 15.0 Å². The van der Waals surface area contributed by atoms with E-state index in [-0.39, 0.29) is 18.6 Å². The third-order valence-electron chi connectivity index (χ3n) is 7.14. The molecule has 6 heteroatoms. The van der Waals surface area contributed by atoms with Crippen LogP contribution in [0.25, 0.3) is 5.57 Å². The maximum Gasteiger partial charge on any atom is 0.410 e. The first-order chi connectivity index (χ1) is 19.0. The Morgan fingerprint density at radius 2 is 1.75 bits per heavy atom. The average molecular weight is 547 g/mol. The molecule has 0 bridgehead atoms. The average Bonchev–Trinajstić information content (AvgIpc) is 2.93. The lowest BCUT2D eigenvalue weighted by Gasteiger charge is -2.37. The summed E-state index contributed by atoms with van der Waals surface area (Å²) in [6, 6.07) is 10.3. The number of rotatable bonds is 9. The molecule has 1 fully saturated rings. The quantitative estimate of drug-likeness (QED) is 0.357. The maximum absolute atomic E-state index is 12.5. The molecule has 1 aromatic rings. The molecule has 216 valence electrons. The number of piperazine rings is 1. The van der Waals surface area contributed by atoms with Crippen molar-refractivity contribution in [1.29, 1.82) is 0 Å². The van der Waals surface area contributed by atoms with Gasteiger partial charge in [0.05, 0.1) is 6.10 Å². The van der Waals surface area contributed by atoms with Crippen LogP contribution in [0.3, 0.4) is 0 Å². The van der Waals surface area contributed by atoms with Gasteiger partial charge in [-0.05, 0) is 74.5 Å². The number of nitrogens with zero attached hydrogens (tertiary/aromatic N) is 2. The van der Waals surface area contributed by atoms with Gasteiger partial charge in [0.25, 0.3) is 0 Å². The molecule has 0 spiro atoms. The van der Waals surface area contributed by atoms with Crippen LogP contribution in [0.2, 0.25) is 0 Å². The summed E-state index contributed by atoms with van der Waals surface area (Å²) in [5.74, 6) is -0.0109. The van der Waals surface area contributed by atoms with Gasteiger partial charge in [0.1, 0.15) is 5.60 Å². The molecule has 1 aliphatic carbocycles. The van der Waals surface area contributed by atoms with Crippen molar-refractivity contribution in [2.75, 3.05) is 32.8 Å². The molecule has 1 amide bonds. The van der Waals surface area contributed by atoms with E-state index in [0.717, 1.165) is 40.0 Å². The van der Waals surface area contributed by atoms with Crippen LogP contribution in [0.15, 0.2) is 95.8 Å². The van der Waals surface area contributed by atoms with Crippen molar-refractivity contribution in [3.8, 4) is 0 Å². The molecule has 1 heterocycles. The Hall–Kier alpha value is -3.35. The van der Waals surface area contributed by atoms with Crippen LogP contribution < -0.4 is 0 Å². The Balaban J connectivity index is 1.88. The SMILES string of the molecule is C=C(\C=C/C(=C\C)C(/C1=C[C@H](C)C(O)C=C1)=C(/CCCO)c1ccccc1)N1CCN(C(=O)OC(C)(C)C)CC1. The summed E-state index contributed by atoms with van der Waals surface area (Å²) < 4.78 is 5.53. The molecule has 3 rings (SSSR count). The van der Waals surface area contributed by atoms with Gasteiger partial charge in [-0.2, -0.15) is 0 Å². The molecule has 0 aromatic heterocycles. The Morgan fingerprint density at radius 3 is 2.33 bits per heavy atom. The van der Waals surface area contributed by atoms with Crippen LogP contribution in [0, 0.1) is 5.92 Å². The van der Waals surface area contributed by atoms with Crippen molar-refractivity contribution >= 4 is 11.7 Å². The molecule has 40 heavy (non-hydrogen) atoms. The lowest BCUT2D eigenvalue weighted by atomic mass is 9.82. The number of carbonyl (C=O) groups excluding carboxylic acids is 1. The minimum atomic E-state index is -0.511. The number of ether oxygens (including phenoxy) is 1. The van der Waals surface area contributed by atoms with E-state index in [4.69, 9.17) is 4.74 Å². The van der Waals surface area contributed by atoms with Gasteiger partial charge in [0.2, 0.25) is 0 Å². The lowest BCUT2D eigenvalue weighted by Crippen LogP contribution is -2.49. The topological polar surface area (TPSA) is 73.2 Å². The van der Waals surface area contributed by atoms with Gasteiger partial charge in [-0.15, -0.1) is 0 Å². The number of carbonyl (C=O) groups is 1. The third kappa shape index (κ3) is 8.57. The molecule has 1 saturated heterocycles. The number of amides is 1. The largest absolute Gasteiger partial charge is 0.444 e. The summed E-state index contributed by atoms with van der Waals surface area (Å²) in [5.41, 5.74) is 5.84. The molecule has 0 saturated carbocycles. The summed E-state index contributed by atoms with van der Waals surface area (Å²) in [6.45, 7) is 16.7. The van der Waals surface area contributed by atoms with Crippen LogP contribution >= 0.6 is 0 Å². The van der Waals surface area contributed by atoms with E-state index in [1.807, 2.05) is 71.0 Å². The van der Waals surface area contributed by atoms with Gasteiger partial charge >= 0.3 is 6.09 Å². The summed E-state index contributed by atoms with van der Waals surface area (Å²) >= 11 is 0. The number of aliphatic hydroxyl groups excluding tert-OH is 2. The number of hydrogen-bond acceptors (Lipinski definition) is 5. The summed E-state index contributed by atoms with van der Waals surface area (Å²) in [4.78, 5) is 16.4. The molecule has 0 radical (unpaired) electrons. The van der Waals surface area contributed by atoms with E-state index in [1.165, 1.54) is 0 Å². The van der Waals surface area contributed by atoms with Crippen molar-refractivity contribution in [2.24, 2.45) is 5.92 Å². The van der Waals surface area contributed by atoms with Gasteiger partial charge in [0, 0.05) is 44.4 Å². The van der Waals surface area contributed by atoms with E-state index < -0.39 is 11.7 Å². The normalized spacial score (nSPS) is 20.9. The van der Waals surface area contributed by atoms with Crippen molar-refractivity contribution in [2.45, 2.75) is 59.2 Å². The van der Waals surface area contributed by atoms with E-state index in [2.05, 4.69) is 41.8 Å². The molecule has 1 unspecified atom stereocenters. The Labute approximate surface area is 240 Å². The van der Waals surface area contributed by atoms with Crippen LogP contribution in [0.4, 0.5) is 4.79 Å². The van der Waals surface area contributed by atoms with Crippen molar-refractivity contribution in [1.82, 2.24) is 9.80 Å². The zero-order chi connectivity index (χ0) is 29.3. The maximum atomic E-state index is 12.5. The second-order valence-corrected chi connectivity index (χ2v) is 11.4. The monoisotopic (exact) mass is 546 g/mol. The smallest absolute Gasteiger partial charge is 0.410 e. The Bertz CT molecular complexity index is 1180. The zero-order valence-electron chi connectivity index (χ0n) is 24.8. The van der Waals surface area contributed by atoms with Gasteiger partial charge in [-0.3, -0.25) is 0 Å². The van der Waals surface area contributed by atoms with Crippen molar-refractivity contribution < 1.29 is 19.7 Å². The molecule has 1 aromatic carbocycles.